The van der Waals surface area contributed by atoms with Crippen LogP contribution in [-0.4, -0.2) is 16.0 Å². The molecule has 0 saturated heterocycles. The molecule has 27 heavy (non-hydrogen) atoms. The monoisotopic (exact) mass is 376 g/mol. The van der Waals surface area contributed by atoms with Crippen molar-refractivity contribution in [1.82, 2.24) is 9.78 Å². The zero-order valence-corrected chi connectivity index (χ0v) is 15.7. The highest BCUT2D eigenvalue weighted by molar-refractivity contribution is 6.30. The maximum Gasteiger partial charge on any atom is 0.226 e. The largest absolute Gasteiger partial charge is 0.453 e. The number of ether oxygens (including phenoxy) is 1. The summed E-state index contributed by atoms with van der Waals surface area (Å²) in [5, 5.41) is 15.0. The highest BCUT2D eigenvalue weighted by Crippen LogP contribution is 2.42. The molecule has 0 amide bonds. The average molecular weight is 377 g/mol. The summed E-state index contributed by atoms with van der Waals surface area (Å²) in [5.74, 6) is 0.537. The van der Waals surface area contributed by atoms with Gasteiger partial charge in [-0.25, -0.2) is 4.68 Å². The molecule has 2 heterocycles. The second-order valence-electron chi connectivity index (χ2n) is 6.46. The minimum Gasteiger partial charge on any atom is -0.453 e. The van der Waals surface area contributed by atoms with E-state index in [1.54, 1.807) is 16.8 Å². The van der Waals surface area contributed by atoms with Crippen LogP contribution in [-0.2, 0) is 0 Å². The fraction of sp³-hybridized carbons (Fsp3) is 0.143. The van der Waals surface area contributed by atoms with Gasteiger partial charge in [-0.15, -0.1) is 0 Å². The Bertz CT molecular complexity index is 1110. The van der Waals surface area contributed by atoms with Crippen molar-refractivity contribution in [1.29, 1.82) is 5.26 Å². The van der Waals surface area contributed by atoms with Gasteiger partial charge in [0, 0.05) is 10.6 Å². The zero-order valence-electron chi connectivity index (χ0n) is 14.9. The number of hydrogen-bond acceptors (Lipinski definition) is 4. The lowest BCUT2D eigenvalue weighted by Crippen LogP contribution is -2.33. The second kappa shape index (κ2) is 6.58. The Kier molecular flexibility index (Phi) is 4.23. The third-order valence-corrected chi connectivity index (χ3v) is 4.81. The molecule has 1 atom stereocenters. The predicted molar refractivity (Wildman–Crippen MR) is 105 cm³/mol. The Morgan fingerprint density at radius 1 is 1.19 bits per heavy atom. The molecule has 0 saturated carbocycles. The van der Waals surface area contributed by atoms with Crippen LogP contribution >= 0.6 is 11.6 Å². The molecule has 2 aromatic carbocycles. The third-order valence-electron chi connectivity index (χ3n) is 4.56. The molecule has 0 radical (unpaired) electrons. The van der Waals surface area contributed by atoms with E-state index in [0.717, 1.165) is 33.6 Å². The second-order valence-corrected chi connectivity index (χ2v) is 6.90. The summed E-state index contributed by atoms with van der Waals surface area (Å²) in [5.41, 5.74) is 11.7. The van der Waals surface area contributed by atoms with Gasteiger partial charge in [-0.2, -0.15) is 10.4 Å². The smallest absolute Gasteiger partial charge is 0.226 e. The van der Waals surface area contributed by atoms with Crippen molar-refractivity contribution in [3.8, 4) is 17.6 Å². The topological polar surface area (TPSA) is 76.9 Å². The van der Waals surface area contributed by atoms with Gasteiger partial charge >= 0.3 is 0 Å². The van der Waals surface area contributed by atoms with E-state index < -0.39 is 6.23 Å². The summed E-state index contributed by atoms with van der Waals surface area (Å²) in [4.78, 5) is 0. The Labute approximate surface area is 162 Å². The summed E-state index contributed by atoms with van der Waals surface area (Å²) in [6.07, 6.45) is -0.868. The predicted octanol–water partition coefficient (Wildman–Crippen LogP) is 4.15. The zero-order chi connectivity index (χ0) is 19.1. The highest BCUT2D eigenvalue weighted by Gasteiger charge is 2.33. The number of nitrogens with zero attached hydrogens (tertiary/aromatic N) is 3. The van der Waals surface area contributed by atoms with Gasteiger partial charge in [0.2, 0.25) is 5.88 Å². The number of aryl methyl sites for hydroxylation is 2. The van der Waals surface area contributed by atoms with Crippen LogP contribution in [0.2, 0.25) is 5.02 Å². The number of nitriles is 1. The van der Waals surface area contributed by atoms with Crippen LogP contribution in [0.4, 0.5) is 0 Å². The third kappa shape index (κ3) is 2.89. The van der Waals surface area contributed by atoms with E-state index >= 15 is 0 Å². The molecule has 0 spiro atoms. The Morgan fingerprint density at radius 2 is 1.93 bits per heavy atom. The minimum absolute atomic E-state index is 0.372. The fourth-order valence-electron chi connectivity index (χ4n) is 3.33. The normalized spacial score (nSPS) is 15.9. The molecule has 0 bridgehead atoms. The van der Waals surface area contributed by atoms with Crippen molar-refractivity contribution in [2.75, 3.05) is 0 Å². The number of hydrogen-bond donors (Lipinski definition) is 1. The van der Waals surface area contributed by atoms with E-state index in [2.05, 4.69) is 11.2 Å². The minimum atomic E-state index is -0.868. The molecule has 0 fully saturated rings. The van der Waals surface area contributed by atoms with Crippen molar-refractivity contribution in [2.24, 2.45) is 5.73 Å². The molecule has 1 aliphatic heterocycles. The lowest BCUT2D eigenvalue weighted by molar-refractivity contribution is 0.228. The average Bonchev–Trinajstić information content (AvgIpc) is 2.97. The van der Waals surface area contributed by atoms with Gasteiger partial charge < -0.3 is 4.74 Å². The van der Waals surface area contributed by atoms with Gasteiger partial charge in [0.05, 0.1) is 22.5 Å². The molecule has 4 rings (SSSR count). The van der Waals surface area contributed by atoms with E-state index in [0.29, 0.717) is 16.5 Å². The van der Waals surface area contributed by atoms with Crippen LogP contribution in [0.5, 0.6) is 5.88 Å². The lowest BCUT2D eigenvalue weighted by atomic mass is 9.91. The van der Waals surface area contributed by atoms with Crippen molar-refractivity contribution in [3.05, 3.63) is 81.5 Å². The highest BCUT2D eigenvalue weighted by atomic mass is 35.5. The first-order valence-electron chi connectivity index (χ1n) is 8.49. The number of halogens is 1. The van der Waals surface area contributed by atoms with E-state index in [1.807, 2.05) is 50.2 Å². The first-order chi connectivity index (χ1) is 13.0. The first-order valence-corrected chi connectivity index (χ1v) is 8.87. The summed E-state index contributed by atoms with van der Waals surface area (Å²) in [7, 11) is 0. The number of aromatic nitrogens is 2. The Balaban J connectivity index is 1.99. The first kappa shape index (κ1) is 17.3. The fourth-order valence-corrected chi connectivity index (χ4v) is 3.46. The number of rotatable bonds is 2. The van der Waals surface area contributed by atoms with Crippen LogP contribution in [0.3, 0.4) is 0 Å². The molecular weight excluding hydrogens is 360 g/mol. The SMILES string of the molecule is Cc1cccc(-n2nc(C)c3c2OC(N)C(C#N)=C3c2ccc(Cl)cc2)c1. The summed E-state index contributed by atoms with van der Waals surface area (Å²) >= 11 is 6.03. The van der Waals surface area contributed by atoms with Crippen molar-refractivity contribution in [2.45, 2.75) is 20.1 Å². The molecule has 2 N–H and O–H groups in total. The summed E-state index contributed by atoms with van der Waals surface area (Å²) in [6.45, 7) is 3.92. The van der Waals surface area contributed by atoms with Gasteiger partial charge in [0.15, 0.2) is 6.23 Å². The summed E-state index contributed by atoms with van der Waals surface area (Å²) < 4.78 is 7.67. The van der Waals surface area contributed by atoms with E-state index in [-0.39, 0.29) is 0 Å². The molecule has 1 aliphatic rings. The van der Waals surface area contributed by atoms with E-state index in [1.165, 1.54) is 0 Å². The maximum atomic E-state index is 9.70. The van der Waals surface area contributed by atoms with Crippen LogP contribution in [0.1, 0.15) is 22.4 Å². The summed E-state index contributed by atoms with van der Waals surface area (Å²) in [6, 6.07) is 17.5. The van der Waals surface area contributed by atoms with Crippen molar-refractivity contribution in [3.63, 3.8) is 0 Å². The van der Waals surface area contributed by atoms with Gasteiger partial charge in [-0.1, -0.05) is 35.9 Å². The number of benzene rings is 2. The Hall–Kier alpha value is -3.07. The lowest BCUT2D eigenvalue weighted by Gasteiger charge is -2.24. The van der Waals surface area contributed by atoms with Gasteiger partial charge in [0.25, 0.3) is 0 Å². The molecule has 1 aromatic heterocycles. The molecule has 1 unspecified atom stereocenters. The molecule has 3 aromatic rings. The van der Waals surface area contributed by atoms with Crippen molar-refractivity contribution >= 4 is 17.2 Å². The molecule has 0 aliphatic carbocycles. The molecule has 6 heteroatoms. The standard InChI is InChI=1S/C21H17ClN4O/c1-12-4-3-5-16(10-12)26-21-18(13(2)25-26)19(17(11-23)20(24)27-21)14-6-8-15(22)9-7-14/h3-10,20H,24H2,1-2H3. The number of fused-ring (bicyclic) bond motifs is 1. The van der Waals surface area contributed by atoms with Crippen molar-refractivity contribution < 1.29 is 4.74 Å². The van der Waals surface area contributed by atoms with Crippen LogP contribution in [0, 0.1) is 25.2 Å². The quantitative estimate of drug-likeness (QED) is 0.729. The van der Waals surface area contributed by atoms with Gasteiger partial charge in [-0.3, -0.25) is 5.73 Å². The molecule has 5 nitrogen and oxygen atoms in total. The molecular formula is C21H17ClN4O. The van der Waals surface area contributed by atoms with Gasteiger partial charge in [0.1, 0.15) is 6.07 Å². The Morgan fingerprint density at radius 3 is 2.59 bits per heavy atom. The molecule has 134 valence electrons. The van der Waals surface area contributed by atoms with E-state index in [4.69, 9.17) is 22.1 Å². The van der Waals surface area contributed by atoms with Crippen LogP contribution < -0.4 is 10.5 Å². The number of nitrogens with two attached hydrogens (primary N) is 1. The van der Waals surface area contributed by atoms with Crippen LogP contribution in [0.15, 0.2) is 54.1 Å². The van der Waals surface area contributed by atoms with Crippen LogP contribution in [0.25, 0.3) is 11.3 Å². The van der Waals surface area contributed by atoms with E-state index in [9.17, 15) is 5.26 Å². The van der Waals surface area contributed by atoms with Gasteiger partial charge in [-0.05, 0) is 49.2 Å². The maximum absolute atomic E-state index is 9.70.